The lowest BCUT2D eigenvalue weighted by molar-refractivity contribution is -0.120. The molecule has 1 heterocycles. The monoisotopic (exact) mass is 235 g/mol. The SMILES string of the molecule is CC(=O)Nc1ccc(OCC2(C)COC2)cc1. The zero-order valence-electron chi connectivity index (χ0n) is 10.2. The Kier molecular flexibility index (Phi) is 3.33. The average Bonchev–Trinajstić information content (AvgIpc) is 2.25. The zero-order chi connectivity index (χ0) is 12.3. The molecule has 0 unspecified atom stereocenters. The number of nitrogens with one attached hydrogen (secondary N) is 1. The van der Waals surface area contributed by atoms with Crippen molar-refractivity contribution in [2.75, 3.05) is 25.1 Å². The van der Waals surface area contributed by atoms with Crippen LogP contribution in [0.25, 0.3) is 0 Å². The van der Waals surface area contributed by atoms with E-state index in [-0.39, 0.29) is 11.3 Å². The molecule has 0 bridgehead atoms. The lowest BCUT2D eigenvalue weighted by Crippen LogP contribution is -2.44. The number of hydrogen-bond acceptors (Lipinski definition) is 3. The van der Waals surface area contributed by atoms with E-state index in [0.717, 1.165) is 24.7 Å². The van der Waals surface area contributed by atoms with Gasteiger partial charge in [0.2, 0.25) is 5.91 Å². The average molecular weight is 235 g/mol. The van der Waals surface area contributed by atoms with Crippen LogP contribution in [-0.4, -0.2) is 25.7 Å². The highest BCUT2D eigenvalue weighted by molar-refractivity contribution is 5.88. The Morgan fingerprint density at radius 3 is 2.53 bits per heavy atom. The van der Waals surface area contributed by atoms with Gasteiger partial charge in [-0.25, -0.2) is 0 Å². The van der Waals surface area contributed by atoms with Gasteiger partial charge in [0.15, 0.2) is 0 Å². The number of ether oxygens (including phenoxy) is 2. The van der Waals surface area contributed by atoms with E-state index in [1.54, 1.807) is 0 Å². The second-order valence-corrected chi connectivity index (χ2v) is 4.80. The Bertz CT molecular complexity index is 396. The largest absolute Gasteiger partial charge is 0.493 e. The molecule has 0 saturated carbocycles. The second-order valence-electron chi connectivity index (χ2n) is 4.80. The topological polar surface area (TPSA) is 47.6 Å². The maximum absolute atomic E-state index is 10.8. The third kappa shape index (κ3) is 3.20. The Labute approximate surface area is 101 Å². The number of carbonyl (C=O) groups excluding carboxylic acids is 1. The summed E-state index contributed by atoms with van der Waals surface area (Å²) in [5, 5.41) is 2.71. The van der Waals surface area contributed by atoms with Crippen molar-refractivity contribution in [2.45, 2.75) is 13.8 Å². The summed E-state index contributed by atoms with van der Waals surface area (Å²) >= 11 is 0. The fraction of sp³-hybridized carbons (Fsp3) is 0.462. The van der Waals surface area contributed by atoms with Gasteiger partial charge in [0.05, 0.1) is 19.8 Å². The quantitative estimate of drug-likeness (QED) is 0.869. The van der Waals surface area contributed by atoms with Crippen LogP contribution in [-0.2, 0) is 9.53 Å². The molecule has 1 aromatic rings. The highest BCUT2D eigenvalue weighted by Crippen LogP contribution is 2.27. The first-order valence-electron chi connectivity index (χ1n) is 5.66. The molecule has 1 N–H and O–H groups in total. The van der Waals surface area contributed by atoms with Crippen molar-refractivity contribution >= 4 is 11.6 Å². The molecule has 4 heteroatoms. The zero-order valence-corrected chi connectivity index (χ0v) is 10.2. The van der Waals surface area contributed by atoms with E-state index >= 15 is 0 Å². The number of rotatable bonds is 4. The van der Waals surface area contributed by atoms with Gasteiger partial charge in [0.25, 0.3) is 0 Å². The third-order valence-corrected chi connectivity index (χ3v) is 2.66. The normalized spacial score (nSPS) is 17.1. The van der Waals surface area contributed by atoms with Crippen LogP contribution in [0.1, 0.15) is 13.8 Å². The van der Waals surface area contributed by atoms with Gasteiger partial charge in [-0.05, 0) is 24.3 Å². The highest BCUT2D eigenvalue weighted by atomic mass is 16.5. The maximum Gasteiger partial charge on any atom is 0.221 e. The molecule has 1 saturated heterocycles. The van der Waals surface area contributed by atoms with Crippen LogP contribution in [0, 0.1) is 5.41 Å². The van der Waals surface area contributed by atoms with Crippen LogP contribution in [0.15, 0.2) is 24.3 Å². The molecule has 2 rings (SSSR count). The van der Waals surface area contributed by atoms with Gasteiger partial charge in [-0.2, -0.15) is 0 Å². The Morgan fingerprint density at radius 2 is 2.06 bits per heavy atom. The lowest BCUT2D eigenvalue weighted by Gasteiger charge is -2.37. The fourth-order valence-electron chi connectivity index (χ4n) is 1.63. The summed E-state index contributed by atoms with van der Waals surface area (Å²) in [5.41, 5.74) is 0.930. The van der Waals surface area contributed by atoms with Crippen molar-refractivity contribution in [3.8, 4) is 5.75 Å². The van der Waals surface area contributed by atoms with Crippen molar-refractivity contribution in [2.24, 2.45) is 5.41 Å². The fourth-order valence-corrected chi connectivity index (χ4v) is 1.63. The predicted molar refractivity (Wildman–Crippen MR) is 65.2 cm³/mol. The first kappa shape index (κ1) is 11.9. The van der Waals surface area contributed by atoms with E-state index in [2.05, 4.69) is 12.2 Å². The number of anilines is 1. The minimum atomic E-state index is -0.0715. The molecule has 0 aliphatic carbocycles. The van der Waals surface area contributed by atoms with Gasteiger partial charge in [-0.1, -0.05) is 6.92 Å². The van der Waals surface area contributed by atoms with Crippen molar-refractivity contribution in [3.63, 3.8) is 0 Å². The van der Waals surface area contributed by atoms with Gasteiger partial charge in [-0.3, -0.25) is 4.79 Å². The Hall–Kier alpha value is -1.55. The maximum atomic E-state index is 10.8. The van der Waals surface area contributed by atoms with Crippen LogP contribution in [0.2, 0.25) is 0 Å². The van der Waals surface area contributed by atoms with Crippen LogP contribution < -0.4 is 10.1 Å². The first-order chi connectivity index (χ1) is 8.07. The molecule has 1 amide bonds. The number of carbonyl (C=O) groups is 1. The van der Waals surface area contributed by atoms with Crippen LogP contribution in [0.3, 0.4) is 0 Å². The van der Waals surface area contributed by atoms with E-state index in [1.165, 1.54) is 6.92 Å². The number of amides is 1. The van der Waals surface area contributed by atoms with E-state index in [0.29, 0.717) is 6.61 Å². The highest BCUT2D eigenvalue weighted by Gasteiger charge is 2.34. The summed E-state index contributed by atoms with van der Waals surface area (Å²) in [6.07, 6.45) is 0. The summed E-state index contributed by atoms with van der Waals surface area (Å²) in [7, 11) is 0. The van der Waals surface area contributed by atoms with Gasteiger partial charge in [-0.15, -0.1) is 0 Å². The molecule has 0 radical (unpaired) electrons. The second kappa shape index (κ2) is 4.75. The van der Waals surface area contributed by atoms with Crippen molar-refractivity contribution < 1.29 is 14.3 Å². The smallest absolute Gasteiger partial charge is 0.221 e. The summed E-state index contributed by atoms with van der Waals surface area (Å²) in [5.74, 6) is 0.741. The van der Waals surface area contributed by atoms with E-state index in [4.69, 9.17) is 9.47 Å². The van der Waals surface area contributed by atoms with Gasteiger partial charge in [0.1, 0.15) is 5.75 Å². The van der Waals surface area contributed by atoms with Crippen LogP contribution in [0.5, 0.6) is 5.75 Å². The molecule has 1 fully saturated rings. The standard InChI is InChI=1S/C13H17NO3/c1-10(15)14-11-3-5-12(6-4-11)17-9-13(2)7-16-8-13/h3-6H,7-9H2,1-2H3,(H,14,15). The van der Waals surface area contributed by atoms with Crippen LogP contribution in [0.4, 0.5) is 5.69 Å². The Balaban J connectivity index is 1.87. The predicted octanol–water partition coefficient (Wildman–Crippen LogP) is 2.06. The minimum absolute atomic E-state index is 0.0715. The van der Waals surface area contributed by atoms with Gasteiger partial charge < -0.3 is 14.8 Å². The molecule has 1 aliphatic heterocycles. The molecular weight excluding hydrogens is 218 g/mol. The van der Waals surface area contributed by atoms with Crippen molar-refractivity contribution in [1.82, 2.24) is 0 Å². The summed E-state index contributed by atoms with van der Waals surface area (Å²) < 4.78 is 10.8. The first-order valence-corrected chi connectivity index (χ1v) is 5.66. The van der Waals surface area contributed by atoms with Crippen molar-refractivity contribution in [1.29, 1.82) is 0 Å². The molecule has 0 spiro atoms. The summed E-state index contributed by atoms with van der Waals surface area (Å²) in [6, 6.07) is 7.37. The van der Waals surface area contributed by atoms with Crippen molar-refractivity contribution in [3.05, 3.63) is 24.3 Å². The number of hydrogen-bond donors (Lipinski definition) is 1. The molecule has 4 nitrogen and oxygen atoms in total. The molecule has 17 heavy (non-hydrogen) atoms. The summed E-state index contributed by atoms with van der Waals surface area (Å²) in [4.78, 5) is 10.8. The number of benzene rings is 1. The van der Waals surface area contributed by atoms with Gasteiger partial charge in [0, 0.05) is 18.0 Å². The lowest BCUT2D eigenvalue weighted by atomic mass is 9.90. The molecule has 92 valence electrons. The van der Waals surface area contributed by atoms with E-state index in [9.17, 15) is 4.79 Å². The van der Waals surface area contributed by atoms with Crippen LogP contribution >= 0.6 is 0 Å². The summed E-state index contributed by atoms with van der Waals surface area (Å²) in [6.45, 7) is 5.81. The Morgan fingerprint density at radius 1 is 1.41 bits per heavy atom. The molecule has 1 aromatic carbocycles. The molecule has 1 aliphatic rings. The minimum Gasteiger partial charge on any atom is -0.493 e. The molecular formula is C13H17NO3. The van der Waals surface area contributed by atoms with Gasteiger partial charge >= 0.3 is 0 Å². The van der Waals surface area contributed by atoms with E-state index < -0.39 is 0 Å². The van der Waals surface area contributed by atoms with E-state index in [1.807, 2.05) is 24.3 Å². The molecule has 0 aromatic heterocycles. The third-order valence-electron chi connectivity index (χ3n) is 2.66. The molecule has 0 atom stereocenters.